The van der Waals surface area contributed by atoms with Crippen LogP contribution in [0.2, 0.25) is 0 Å². The van der Waals surface area contributed by atoms with Crippen LogP contribution in [0.3, 0.4) is 0 Å². The molecule has 0 radical (unpaired) electrons. The van der Waals surface area contributed by atoms with Crippen LogP contribution in [0.4, 0.5) is 5.82 Å². The van der Waals surface area contributed by atoms with E-state index in [4.69, 9.17) is 9.51 Å². The van der Waals surface area contributed by atoms with Crippen LogP contribution < -0.4 is 4.90 Å². The molecule has 2 aromatic heterocycles. The molecule has 4 rings (SSSR count). The topological polar surface area (TPSA) is 67.9 Å². The first-order valence-electron chi connectivity index (χ1n) is 8.51. The van der Waals surface area contributed by atoms with Gasteiger partial charge in [-0.25, -0.2) is 4.98 Å². The van der Waals surface area contributed by atoms with E-state index in [2.05, 4.69) is 33.9 Å². The maximum Gasteiger partial charge on any atom is 0.229 e. The SMILES string of the molecule is CC(C)c1nc([C@@H]2CCCN(c3cnc4ccccc4n3)C2)no1. The predicted octanol–water partition coefficient (Wildman–Crippen LogP) is 3.52. The van der Waals surface area contributed by atoms with Crippen LogP contribution in [0.15, 0.2) is 35.0 Å². The number of aromatic nitrogens is 4. The Morgan fingerprint density at radius 1 is 1.17 bits per heavy atom. The second-order valence-electron chi connectivity index (χ2n) is 6.65. The Labute approximate surface area is 140 Å². The fraction of sp³-hybridized carbons (Fsp3) is 0.444. The van der Waals surface area contributed by atoms with Gasteiger partial charge in [-0.2, -0.15) is 4.98 Å². The van der Waals surface area contributed by atoms with E-state index in [0.29, 0.717) is 5.89 Å². The average Bonchev–Trinajstić information content (AvgIpc) is 3.12. The number of rotatable bonds is 3. The number of hydrogen-bond donors (Lipinski definition) is 0. The van der Waals surface area contributed by atoms with Crippen molar-refractivity contribution in [2.24, 2.45) is 0 Å². The van der Waals surface area contributed by atoms with Crippen LogP contribution in [0.5, 0.6) is 0 Å². The third-order valence-corrected chi connectivity index (χ3v) is 4.50. The molecular formula is C18H21N5O. The molecule has 6 nitrogen and oxygen atoms in total. The maximum atomic E-state index is 5.37. The van der Waals surface area contributed by atoms with Gasteiger partial charge in [0.25, 0.3) is 0 Å². The van der Waals surface area contributed by atoms with Gasteiger partial charge in [0.05, 0.1) is 17.2 Å². The van der Waals surface area contributed by atoms with Crippen LogP contribution in [0.1, 0.15) is 50.2 Å². The third kappa shape index (κ3) is 2.84. The summed E-state index contributed by atoms with van der Waals surface area (Å²) in [6.45, 7) is 5.97. The van der Waals surface area contributed by atoms with Crippen LogP contribution in [0, 0.1) is 0 Å². The van der Waals surface area contributed by atoms with E-state index in [1.165, 1.54) is 0 Å². The monoisotopic (exact) mass is 323 g/mol. The maximum absolute atomic E-state index is 5.37. The van der Waals surface area contributed by atoms with E-state index in [0.717, 1.165) is 48.6 Å². The van der Waals surface area contributed by atoms with Crippen molar-refractivity contribution < 1.29 is 4.52 Å². The molecule has 1 saturated heterocycles. The van der Waals surface area contributed by atoms with Crippen molar-refractivity contribution >= 4 is 16.9 Å². The van der Waals surface area contributed by atoms with E-state index < -0.39 is 0 Å². The van der Waals surface area contributed by atoms with Crippen molar-refractivity contribution in [3.63, 3.8) is 0 Å². The van der Waals surface area contributed by atoms with Gasteiger partial charge in [-0.05, 0) is 25.0 Å². The molecule has 24 heavy (non-hydrogen) atoms. The lowest BCUT2D eigenvalue weighted by atomic mass is 9.97. The zero-order valence-corrected chi connectivity index (χ0v) is 14.0. The summed E-state index contributed by atoms with van der Waals surface area (Å²) in [6.07, 6.45) is 4.03. The summed E-state index contributed by atoms with van der Waals surface area (Å²) in [5.74, 6) is 3.00. The summed E-state index contributed by atoms with van der Waals surface area (Å²) in [6, 6.07) is 7.96. The van der Waals surface area contributed by atoms with Gasteiger partial charge in [-0.15, -0.1) is 0 Å². The summed E-state index contributed by atoms with van der Waals surface area (Å²) in [5, 5.41) is 4.19. The molecule has 6 heteroatoms. The molecule has 124 valence electrons. The summed E-state index contributed by atoms with van der Waals surface area (Å²) in [5.41, 5.74) is 1.85. The van der Waals surface area contributed by atoms with Crippen molar-refractivity contribution in [2.45, 2.75) is 38.5 Å². The van der Waals surface area contributed by atoms with Crippen LogP contribution in [-0.4, -0.2) is 33.2 Å². The highest BCUT2D eigenvalue weighted by Gasteiger charge is 2.26. The third-order valence-electron chi connectivity index (χ3n) is 4.50. The summed E-state index contributed by atoms with van der Waals surface area (Å²) < 4.78 is 5.37. The first-order chi connectivity index (χ1) is 11.7. The van der Waals surface area contributed by atoms with Crippen LogP contribution >= 0.6 is 0 Å². The number of nitrogens with zero attached hydrogens (tertiary/aromatic N) is 5. The minimum Gasteiger partial charge on any atom is -0.355 e. The summed E-state index contributed by atoms with van der Waals surface area (Å²) in [4.78, 5) is 16.1. The Kier molecular flexibility index (Phi) is 3.88. The minimum atomic E-state index is 0.261. The summed E-state index contributed by atoms with van der Waals surface area (Å²) in [7, 11) is 0. The molecule has 0 N–H and O–H groups in total. The van der Waals surface area contributed by atoms with E-state index in [9.17, 15) is 0 Å². The molecular weight excluding hydrogens is 302 g/mol. The highest BCUT2D eigenvalue weighted by molar-refractivity contribution is 5.75. The Balaban J connectivity index is 1.56. The summed E-state index contributed by atoms with van der Waals surface area (Å²) >= 11 is 0. The normalized spacial score (nSPS) is 18.5. The molecule has 1 fully saturated rings. The number of anilines is 1. The molecule has 0 amide bonds. The van der Waals surface area contributed by atoms with Gasteiger partial charge < -0.3 is 9.42 Å². The standard InChI is InChI=1S/C18H21N5O/c1-12(2)18-21-17(22-24-18)13-6-5-9-23(11-13)16-10-19-14-7-3-4-8-15(14)20-16/h3-4,7-8,10,12-13H,5-6,9,11H2,1-2H3/t13-/m1/s1. The van der Waals surface area contributed by atoms with Crippen molar-refractivity contribution in [3.8, 4) is 0 Å². The van der Waals surface area contributed by atoms with Crippen LogP contribution in [-0.2, 0) is 0 Å². The molecule has 0 bridgehead atoms. The number of hydrogen-bond acceptors (Lipinski definition) is 6. The second kappa shape index (κ2) is 6.19. The highest BCUT2D eigenvalue weighted by atomic mass is 16.5. The highest BCUT2D eigenvalue weighted by Crippen LogP contribution is 2.28. The number of piperidine rings is 1. The lowest BCUT2D eigenvalue weighted by Gasteiger charge is -2.32. The molecule has 0 saturated carbocycles. The van der Waals surface area contributed by atoms with Gasteiger partial charge in [0.15, 0.2) is 5.82 Å². The molecule has 3 aromatic rings. The van der Waals surface area contributed by atoms with Crippen molar-refractivity contribution in [1.82, 2.24) is 20.1 Å². The Hall–Kier alpha value is -2.50. The van der Waals surface area contributed by atoms with Crippen molar-refractivity contribution in [2.75, 3.05) is 18.0 Å². The van der Waals surface area contributed by atoms with E-state index in [-0.39, 0.29) is 11.8 Å². The van der Waals surface area contributed by atoms with E-state index >= 15 is 0 Å². The minimum absolute atomic E-state index is 0.261. The lowest BCUT2D eigenvalue weighted by Crippen LogP contribution is -2.35. The average molecular weight is 323 g/mol. The predicted molar refractivity (Wildman–Crippen MR) is 92.1 cm³/mol. The molecule has 1 aromatic carbocycles. The zero-order chi connectivity index (χ0) is 16.5. The number of para-hydroxylation sites is 2. The van der Waals surface area contributed by atoms with Crippen molar-refractivity contribution in [3.05, 3.63) is 42.2 Å². The zero-order valence-electron chi connectivity index (χ0n) is 14.0. The molecule has 1 aliphatic heterocycles. The van der Waals surface area contributed by atoms with Gasteiger partial charge in [0.2, 0.25) is 5.89 Å². The fourth-order valence-corrected chi connectivity index (χ4v) is 3.14. The molecule has 0 aliphatic carbocycles. The Bertz CT molecular complexity index is 844. The van der Waals surface area contributed by atoms with Gasteiger partial charge in [0, 0.05) is 24.9 Å². The van der Waals surface area contributed by atoms with Gasteiger partial charge in [-0.3, -0.25) is 4.98 Å². The van der Waals surface area contributed by atoms with Gasteiger partial charge in [0.1, 0.15) is 5.82 Å². The molecule has 0 unspecified atom stereocenters. The number of benzene rings is 1. The fourth-order valence-electron chi connectivity index (χ4n) is 3.14. The first-order valence-corrected chi connectivity index (χ1v) is 8.51. The van der Waals surface area contributed by atoms with E-state index in [1.807, 2.05) is 30.5 Å². The quantitative estimate of drug-likeness (QED) is 0.734. The number of fused-ring (bicyclic) bond motifs is 1. The van der Waals surface area contributed by atoms with E-state index in [1.54, 1.807) is 0 Å². The molecule has 1 atom stereocenters. The van der Waals surface area contributed by atoms with Crippen LogP contribution in [0.25, 0.3) is 11.0 Å². The molecule has 3 heterocycles. The van der Waals surface area contributed by atoms with Crippen molar-refractivity contribution in [1.29, 1.82) is 0 Å². The Morgan fingerprint density at radius 2 is 2.00 bits per heavy atom. The smallest absolute Gasteiger partial charge is 0.229 e. The lowest BCUT2D eigenvalue weighted by molar-refractivity contribution is 0.354. The second-order valence-corrected chi connectivity index (χ2v) is 6.65. The Morgan fingerprint density at radius 3 is 2.79 bits per heavy atom. The molecule has 1 aliphatic rings. The largest absolute Gasteiger partial charge is 0.355 e. The van der Waals surface area contributed by atoms with Gasteiger partial charge in [-0.1, -0.05) is 31.1 Å². The van der Waals surface area contributed by atoms with Gasteiger partial charge >= 0.3 is 0 Å². The molecule has 0 spiro atoms. The first kappa shape index (κ1) is 15.1.